The molecule has 0 saturated carbocycles. The second-order valence-electron chi connectivity index (χ2n) is 4.38. The van der Waals surface area contributed by atoms with Crippen LogP contribution >= 0.6 is 15.9 Å². The molecule has 1 aromatic carbocycles. The molecule has 0 bridgehead atoms. The quantitative estimate of drug-likeness (QED) is 0.822. The number of rotatable bonds is 7. The van der Waals surface area contributed by atoms with Crippen molar-refractivity contribution in [2.75, 3.05) is 27.3 Å². The summed E-state index contributed by atoms with van der Waals surface area (Å²) in [7, 11) is 3.42. The van der Waals surface area contributed by atoms with Crippen LogP contribution in [0.3, 0.4) is 0 Å². The number of carbonyl (C=O) groups is 1. The summed E-state index contributed by atoms with van der Waals surface area (Å²) in [6.45, 7) is 2.57. The average molecular weight is 346 g/mol. The van der Waals surface area contributed by atoms with Gasteiger partial charge in [-0.2, -0.15) is 0 Å². The first kappa shape index (κ1) is 16.8. The van der Waals surface area contributed by atoms with Crippen molar-refractivity contribution in [1.82, 2.24) is 4.90 Å². The molecule has 5 nitrogen and oxygen atoms in total. The predicted molar refractivity (Wildman–Crippen MR) is 80.0 cm³/mol. The van der Waals surface area contributed by atoms with E-state index in [9.17, 15) is 9.90 Å². The van der Waals surface area contributed by atoms with Crippen LogP contribution in [0.25, 0.3) is 0 Å². The highest BCUT2D eigenvalue weighted by atomic mass is 79.9. The van der Waals surface area contributed by atoms with Crippen LogP contribution in [0, 0.1) is 0 Å². The summed E-state index contributed by atoms with van der Waals surface area (Å²) in [5.41, 5.74) is 0.733. The van der Waals surface area contributed by atoms with Gasteiger partial charge in [0.15, 0.2) is 11.5 Å². The highest BCUT2D eigenvalue weighted by molar-refractivity contribution is 9.10. The van der Waals surface area contributed by atoms with Crippen LogP contribution in [0.15, 0.2) is 16.6 Å². The van der Waals surface area contributed by atoms with Crippen LogP contribution in [-0.4, -0.2) is 43.2 Å². The second kappa shape index (κ2) is 8.11. The molecule has 0 aromatic heterocycles. The van der Waals surface area contributed by atoms with Crippen molar-refractivity contribution in [2.45, 2.75) is 20.0 Å². The predicted octanol–water partition coefficient (Wildman–Crippen LogP) is 2.20. The number of aliphatic hydroxyl groups excluding tert-OH is 1. The Bertz CT molecular complexity index is 463. The molecule has 1 amide bonds. The molecule has 1 aromatic rings. The Kier molecular flexibility index (Phi) is 6.81. The van der Waals surface area contributed by atoms with Crippen molar-refractivity contribution in [3.8, 4) is 11.5 Å². The van der Waals surface area contributed by atoms with Crippen molar-refractivity contribution >= 4 is 21.8 Å². The molecular formula is C14H20BrNO4. The third-order valence-electron chi connectivity index (χ3n) is 2.61. The lowest BCUT2D eigenvalue weighted by Gasteiger charge is -2.16. The molecule has 0 aliphatic rings. The lowest BCUT2D eigenvalue weighted by Crippen LogP contribution is -2.23. The van der Waals surface area contributed by atoms with E-state index in [1.807, 2.05) is 6.92 Å². The smallest absolute Gasteiger partial charge is 0.225 e. The number of ether oxygens (including phenoxy) is 2. The van der Waals surface area contributed by atoms with E-state index >= 15 is 0 Å². The van der Waals surface area contributed by atoms with Crippen molar-refractivity contribution in [3.05, 3.63) is 22.2 Å². The summed E-state index contributed by atoms with van der Waals surface area (Å²) in [6, 6.07) is 3.50. The van der Waals surface area contributed by atoms with Crippen molar-refractivity contribution in [2.24, 2.45) is 0 Å². The van der Waals surface area contributed by atoms with E-state index < -0.39 is 0 Å². The number of amides is 1. The van der Waals surface area contributed by atoms with Gasteiger partial charge in [0.1, 0.15) is 0 Å². The van der Waals surface area contributed by atoms with Crippen molar-refractivity contribution in [3.63, 3.8) is 0 Å². The van der Waals surface area contributed by atoms with Crippen LogP contribution in [0.5, 0.6) is 11.5 Å². The first-order valence-electron chi connectivity index (χ1n) is 6.38. The summed E-state index contributed by atoms with van der Waals surface area (Å²) in [5.74, 6) is 1.12. The molecule has 0 saturated heterocycles. The lowest BCUT2D eigenvalue weighted by atomic mass is 10.2. The van der Waals surface area contributed by atoms with Gasteiger partial charge in [-0.3, -0.25) is 4.79 Å². The molecular weight excluding hydrogens is 326 g/mol. The zero-order valence-corrected chi connectivity index (χ0v) is 13.6. The molecule has 0 spiro atoms. The fourth-order valence-electron chi connectivity index (χ4n) is 1.58. The van der Waals surface area contributed by atoms with E-state index in [1.165, 1.54) is 4.90 Å². The maximum Gasteiger partial charge on any atom is 0.225 e. The van der Waals surface area contributed by atoms with Crippen LogP contribution in [0.4, 0.5) is 0 Å². The molecule has 0 aliphatic carbocycles. The van der Waals surface area contributed by atoms with Gasteiger partial charge < -0.3 is 19.5 Å². The van der Waals surface area contributed by atoms with Gasteiger partial charge in [-0.05, 0) is 40.5 Å². The van der Waals surface area contributed by atoms with E-state index in [0.717, 1.165) is 5.56 Å². The fourth-order valence-corrected chi connectivity index (χ4v) is 2.18. The molecule has 6 heteroatoms. The monoisotopic (exact) mass is 345 g/mol. The molecule has 1 N–H and O–H groups in total. The third-order valence-corrected chi connectivity index (χ3v) is 3.20. The summed E-state index contributed by atoms with van der Waals surface area (Å²) < 4.78 is 11.8. The molecule has 112 valence electrons. The molecule has 0 unspecified atom stereocenters. The largest absolute Gasteiger partial charge is 0.490 e. The van der Waals surface area contributed by atoms with Crippen molar-refractivity contribution in [1.29, 1.82) is 0 Å². The molecule has 0 radical (unpaired) electrons. The highest BCUT2D eigenvalue weighted by Gasteiger charge is 2.13. The van der Waals surface area contributed by atoms with E-state index in [1.54, 1.807) is 26.2 Å². The van der Waals surface area contributed by atoms with Crippen molar-refractivity contribution < 1.29 is 19.4 Å². The van der Waals surface area contributed by atoms with E-state index in [2.05, 4.69) is 15.9 Å². The summed E-state index contributed by atoms with van der Waals surface area (Å²) >= 11 is 3.39. The van der Waals surface area contributed by atoms with Gasteiger partial charge in [0.25, 0.3) is 0 Å². The summed E-state index contributed by atoms with van der Waals surface area (Å²) in [6.07, 6.45) is 0.298. The topological polar surface area (TPSA) is 59.0 Å². The number of benzene rings is 1. The van der Waals surface area contributed by atoms with Crippen LogP contribution in [0.2, 0.25) is 0 Å². The zero-order chi connectivity index (χ0) is 15.1. The minimum absolute atomic E-state index is 0.00561. The van der Waals surface area contributed by atoms with E-state index in [0.29, 0.717) is 29.0 Å². The number of hydrogen-bond donors (Lipinski definition) is 1. The van der Waals surface area contributed by atoms with Crippen LogP contribution in [-0.2, 0) is 11.4 Å². The molecule has 20 heavy (non-hydrogen) atoms. The molecule has 0 fully saturated rings. The van der Waals surface area contributed by atoms with Gasteiger partial charge in [0.2, 0.25) is 5.91 Å². The minimum atomic E-state index is -0.0714. The fraction of sp³-hybridized carbons (Fsp3) is 0.500. The molecule has 0 aliphatic heterocycles. The average Bonchev–Trinajstić information content (AvgIpc) is 2.41. The molecule has 0 heterocycles. The molecule has 1 rings (SSSR count). The summed E-state index contributed by atoms with van der Waals surface area (Å²) in [5, 5.41) is 9.19. The van der Waals surface area contributed by atoms with Gasteiger partial charge in [-0.1, -0.05) is 0 Å². The van der Waals surface area contributed by atoms with Crippen LogP contribution < -0.4 is 9.47 Å². The van der Waals surface area contributed by atoms with Gasteiger partial charge in [0.05, 0.1) is 30.7 Å². The van der Waals surface area contributed by atoms with Gasteiger partial charge in [0, 0.05) is 14.1 Å². The standard InChI is InChI=1S/C14H20BrNO4/c1-4-19-12-8-10(9-17)7-11(15)14(12)20-6-5-13(18)16(2)3/h7-8,17H,4-6,9H2,1-3H3. The van der Waals surface area contributed by atoms with Gasteiger partial charge >= 0.3 is 0 Å². The van der Waals surface area contributed by atoms with E-state index in [4.69, 9.17) is 9.47 Å². The SMILES string of the molecule is CCOc1cc(CO)cc(Br)c1OCCC(=O)N(C)C. The van der Waals surface area contributed by atoms with Crippen LogP contribution in [0.1, 0.15) is 18.9 Å². The second-order valence-corrected chi connectivity index (χ2v) is 5.24. The first-order chi connectivity index (χ1) is 9.49. The summed E-state index contributed by atoms with van der Waals surface area (Å²) in [4.78, 5) is 13.0. The normalized spacial score (nSPS) is 10.2. The number of halogens is 1. The third kappa shape index (κ3) is 4.68. The maximum absolute atomic E-state index is 11.5. The van der Waals surface area contributed by atoms with Gasteiger partial charge in [-0.15, -0.1) is 0 Å². The van der Waals surface area contributed by atoms with Gasteiger partial charge in [-0.25, -0.2) is 0 Å². The zero-order valence-electron chi connectivity index (χ0n) is 12.0. The Balaban J connectivity index is 2.79. The number of carbonyl (C=O) groups excluding carboxylic acids is 1. The number of aliphatic hydroxyl groups is 1. The Labute approximate surface area is 127 Å². The Hall–Kier alpha value is -1.27. The minimum Gasteiger partial charge on any atom is -0.490 e. The number of nitrogens with zero attached hydrogens (tertiary/aromatic N) is 1. The highest BCUT2D eigenvalue weighted by Crippen LogP contribution is 2.37. The lowest BCUT2D eigenvalue weighted by molar-refractivity contribution is -0.129. The van der Waals surface area contributed by atoms with E-state index in [-0.39, 0.29) is 19.1 Å². The number of hydrogen-bond acceptors (Lipinski definition) is 4. The Morgan fingerprint density at radius 2 is 2.05 bits per heavy atom. The molecule has 0 atom stereocenters. The Morgan fingerprint density at radius 1 is 1.35 bits per heavy atom. The first-order valence-corrected chi connectivity index (χ1v) is 7.17. The Morgan fingerprint density at radius 3 is 2.60 bits per heavy atom. The maximum atomic E-state index is 11.5.